The number of carbonyl (C=O) groups excluding carboxylic acids is 1. The lowest BCUT2D eigenvalue weighted by Gasteiger charge is -2.43. The summed E-state index contributed by atoms with van der Waals surface area (Å²) in [6, 6.07) is 44.8. The highest BCUT2D eigenvalue weighted by Gasteiger charge is 2.56. The van der Waals surface area contributed by atoms with Crippen LogP contribution in [0.3, 0.4) is 0 Å². The molecule has 0 unspecified atom stereocenters. The van der Waals surface area contributed by atoms with Crippen LogP contribution in [0, 0.1) is 0 Å². The van der Waals surface area contributed by atoms with Crippen LogP contribution in [0.4, 0.5) is 0 Å². The van der Waals surface area contributed by atoms with Gasteiger partial charge in [0.2, 0.25) is 7.29 Å². The first-order valence-electron chi connectivity index (χ1n) is 14.0. The Bertz CT molecular complexity index is 1700. The molecule has 0 bridgehead atoms. The topological polar surface area (TPSA) is 59.0 Å². The summed E-state index contributed by atoms with van der Waals surface area (Å²) in [4.78, 5) is 19.2. The van der Waals surface area contributed by atoms with Crippen molar-refractivity contribution in [3.8, 4) is 0 Å². The van der Waals surface area contributed by atoms with Crippen molar-refractivity contribution in [1.82, 2.24) is 4.67 Å². The highest BCUT2D eigenvalue weighted by molar-refractivity contribution is 9.10. The summed E-state index contributed by atoms with van der Waals surface area (Å²) < 4.78 is 24.5. The van der Waals surface area contributed by atoms with Crippen molar-refractivity contribution in [2.75, 3.05) is 0 Å². The Morgan fingerprint density at radius 2 is 1.19 bits per heavy atom. The fourth-order valence-corrected chi connectivity index (χ4v) is 9.38. The quantitative estimate of drug-likeness (QED) is 0.128. The molecule has 5 nitrogen and oxygen atoms in total. The zero-order valence-corrected chi connectivity index (χ0v) is 26.0. The Kier molecular flexibility index (Phi) is 8.16. The van der Waals surface area contributed by atoms with E-state index in [9.17, 15) is 4.79 Å². The van der Waals surface area contributed by atoms with E-state index in [-0.39, 0.29) is 0 Å². The van der Waals surface area contributed by atoms with Crippen LogP contribution in [0.1, 0.15) is 29.7 Å². The van der Waals surface area contributed by atoms with Crippen molar-refractivity contribution in [2.45, 2.75) is 24.6 Å². The highest BCUT2D eigenvalue weighted by Crippen LogP contribution is 2.57. The molecule has 1 heterocycles. The van der Waals surface area contributed by atoms with Crippen LogP contribution in [0.2, 0.25) is 0 Å². The van der Waals surface area contributed by atoms with Gasteiger partial charge in [0.25, 0.3) is 0 Å². The number of rotatable bonds is 8. The maximum absolute atomic E-state index is 15.6. The molecule has 214 valence electrons. The summed E-state index contributed by atoms with van der Waals surface area (Å²) >= 11 is 3.73. The van der Waals surface area contributed by atoms with E-state index < -0.39 is 30.9 Å². The molecule has 0 spiro atoms. The Morgan fingerprint density at radius 3 is 1.67 bits per heavy atom. The molecule has 0 aliphatic carbocycles. The Hall–Kier alpha value is -4.25. The number of hydrogen-bond acceptors (Lipinski definition) is 4. The average Bonchev–Trinajstić information content (AvgIpc) is 3.43. The fraction of sp³-hybridized carbons (Fsp3) is 0.111. The van der Waals surface area contributed by atoms with Crippen molar-refractivity contribution in [1.29, 1.82) is 0 Å². The minimum absolute atomic E-state index is 0.512. The first-order valence-corrected chi connectivity index (χ1v) is 16.5. The van der Waals surface area contributed by atoms with Gasteiger partial charge in [-0.3, -0.25) is 14.2 Å². The molecule has 1 aliphatic rings. The van der Waals surface area contributed by atoms with Crippen LogP contribution in [0.15, 0.2) is 155 Å². The average molecular weight is 650 g/mol. The van der Waals surface area contributed by atoms with E-state index in [4.69, 9.17) is 9.73 Å². The standard InChI is InChI=1S/C36H30BrN2O3P/c1-36(31-24-14-15-25-32(31)37)34(35(40)42-33(27-16-6-2-7-17-27)28-18-8-3-9-19-28)38-26-39(36)43(41,29-20-10-4-11-21-29)30-22-12-5-13-23-30/h2-26,33-34H,1H3/t34-,36+/m0/s1. The smallest absolute Gasteiger partial charge is 0.334 e. The fourth-order valence-electron chi connectivity index (χ4n) is 5.74. The molecule has 0 saturated carbocycles. The Labute approximate surface area is 260 Å². The van der Waals surface area contributed by atoms with Gasteiger partial charge in [0, 0.05) is 15.1 Å². The maximum atomic E-state index is 15.6. The molecule has 7 heteroatoms. The highest BCUT2D eigenvalue weighted by atomic mass is 79.9. The summed E-state index contributed by atoms with van der Waals surface area (Å²) in [5, 5.41) is 1.29. The van der Waals surface area contributed by atoms with Gasteiger partial charge in [-0.25, -0.2) is 4.79 Å². The third kappa shape index (κ3) is 5.26. The van der Waals surface area contributed by atoms with E-state index in [2.05, 4.69) is 15.9 Å². The van der Waals surface area contributed by atoms with E-state index >= 15 is 4.57 Å². The first kappa shape index (κ1) is 28.9. The maximum Gasteiger partial charge on any atom is 0.334 e. The largest absolute Gasteiger partial charge is 0.451 e. The second-order valence-electron chi connectivity index (χ2n) is 10.5. The Morgan fingerprint density at radius 1 is 0.744 bits per heavy atom. The van der Waals surface area contributed by atoms with Gasteiger partial charge in [-0.2, -0.15) is 0 Å². The van der Waals surface area contributed by atoms with Gasteiger partial charge in [-0.1, -0.05) is 131 Å². The van der Waals surface area contributed by atoms with Crippen molar-refractivity contribution < 1.29 is 14.1 Å². The van der Waals surface area contributed by atoms with Crippen LogP contribution in [-0.2, 0) is 19.6 Å². The summed E-state index contributed by atoms with van der Waals surface area (Å²) in [5.41, 5.74) is 1.30. The predicted octanol–water partition coefficient (Wildman–Crippen LogP) is 7.64. The lowest BCUT2D eigenvalue weighted by Crippen LogP contribution is -2.51. The van der Waals surface area contributed by atoms with E-state index in [1.54, 1.807) is 11.0 Å². The van der Waals surface area contributed by atoms with Crippen molar-refractivity contribution in [3.63, 3.8) is 0 Å². The number of esters is 1. The second kappa shape index (κ2) is 12.2. The molecular formula is C36H30BrN2O3P. The molecule has 0 radical (unpaired) electrons. The molecule has 0 fully saturated rings. The van der Waals surface area contributed by atoms with Gasteiger partial charge < -0.3 is 4.74 Å². The van der Waals surface area contributed by atoms with Crippen molar-refractivity contribution in [2.24, 2.45) is 4.99 Å². The molecular weight excluding hydrogens is 619 g/mol. The van der Waals surface area contributed by atoms with E-state index in [1.165, 1.54) is 0 Å². The number of nitrogens with zero attached hydrogens (tertiary/aromatic N) is 2. The molecule has 6 rings (SSSR count). The van der Waals surface area contributed by atoms with E-state index in [0.717, 1.165) is 21.2 Å². The SMILES string of the molecule is C[C@@]1(c2ccccc2Br)[C@H](C(=O)OC(c2ccccc2)c2ccccc2)N=CN1P(=O)(c1ccccc1)c1ccccc1. The van der Waals surface area contributed by atoms with Crippen molar-refractivity contribution in [3.05, 3.63) is 167 Å². The summed E-state index contributed by atoms with van der Waals surface area (Å²) in [7, 11) is -3.55. The third-order valence-electron chi connectivity index (χ3n) is 7.93. The van der Waals surface area contributed by atoms with Gasteiger partial charge in [0.1, 0.15) is 5.54 Å². The van der Waals surface area contributed by atoms with Crippen LogP contribution in [0.25, 0.3) is 0 Å². The van der Waals surface area contributed by atoms with Gasteiger partial charge in [-0.15, -0.1) is 0 Å². The lowest BCUT2D eigenvalue weighted by atomic mass is 9.85. The summed E-state index contributed by atoms with van der Waals surface area (Å²) in [6.45, 7) is 1.92. The monoisotopic (exact) mass is 648 g/mol. The molecule has 1 aliphatic heterocycles. The summed E-state index contributed by atoms with van der Waals surface area (Å²) in [5.74, 6) is -0.512. The van der Waals surface area contributed by atoms with Gasteiger partial charge in [0.15, 0.2) is 12.1 Å². The molecule has 5 aromatic carbocycles. The number of halogens is 1. The van der Waals surface area contributed by atoms with Gasteiger partial charge in [-0.05, 0) is 53.9 Å². The molecule has 0 aromatic heterocycles. The molecule has 5 aromatic rings. The Balaban J connectivity index is 1.49. The zero-order chi connectivity index (χ0) is 29.9. The molecule has 0 saturated heterocycles. The number of hydrogen-bond donors (Lipinski definition) is 0. The predicted molar refractivity (Wildman–Crippen MR) is 176 cm³/mol. The lowest BCUT2D eigenvalue weighted by molar-refractivity contribution is -0.151. The zero-order valence-electron chi connectivity index (χ0n) is 23.5. The second-order valence-corrected chi connectivity index (χ2v) is 14.0. The van der Waals surface area contributed by atoms with Crippen LogP contribution < -0.4 is 10.6 Å². The van der Waals surface area contributed by atoms with E-state index in [1.807, 2.05) is 153 Å². The first-order chi connectivity index (χ1) is 20.9. The van der Waals surface area contributed by atoms with Gasteiger partial charge in [0.05, 0.1) is 6.34 Å². The van der Waals surface area contributed by atoms with E-state index in [0.29, 0.717) is 10.6 Å². The molecule has 0 amide bonds. The van der Waals surface area contributed by atoms with Crippen LogP contribution >= 0.6 is 23.2 Å². The third-order valence-corrected chi connectivity index (χ3v) is 11.7. The molecule has 43 heavy (non-hydrogen) atoms. The van der Waals surface area contributed by atoms with Crippen molar-refractivity contribution >= 4 is 46.1 Å². The molecule has 2 atom stereocenters. The minimum Gasteiger partial charge on any atom is -0.451 e. The minimum atomic E-state index is -3.55. The summed E-state index contributed by atoms with van der Waals surface area (Å²) in [6.07, 6.45) is 0.935. The number of carbonyl (C=O) groups is 1. The van der Waals surface area contributed by atoms with Crippen LogP contribution in [-0.4, -0.2) is 23.0 Å². The number of aliphatic imine (C=N–C) groups is 1. The van der Waals surface area contributed by atoms with Crippen LogP contribution in [0.5, 0.6) is 0 Å². The van der Waals surface area contributed by atoms with Gasteiger partial charge >= 0.3 is 5.97 Å². The number of ether oxygens (including phenoxy) is 1. The molecule has 0 N–H and O–H groups in total. The normalized spacial score (nSPS) is 18.1. The number of benzene rings is 5.